The Hall–Kier alpha value is -2.27. The number of rotatable bonds is 5. The number of hydrogen-bond acceptors (Lipinski definition) is 2. The van der Waals surface area contributed by atoms with Crippen LogP contribution in [-0.2, 0) is 0 Å². The number of amides is 1. The van der Waals surface area contributed by atoms with Crippen LogP contribution in [0.15, 0.2) is 48.5 Å². The summed E-state index contributed by atoms with van der Waals surface area (Å²) in [6.45, 7) is 0.341. The summed E-state index contributed by atoms with van der Waals surface area (Å²) in [5, 5.41) is 2.72. The predicted octanol–water partition coefficient (Wildman–Crippen LogP) is 3.00. The van der Waals surface area contributed by atoms with Crippen molar-refractivity contribution in [2.75, 3.05) is 20.6 Å². The van der Waals surface area contributed by atoms with Gasteiger partial charge in [0.05, 0.1) is 6.04 Å². The summed E-state index contributed by atoms with van der Waals surface area (Å²) in [6.07, 6.45) is 0. The summed E-state index contributed by atoms with van der Waals surface area (Å²) in [5.74, 6) is -2.03. The molecule has 0 aliphatic heterocycles. The van der Waals surface area contributed by atoms with Gasteiger partial charge in [-0.1, -0.05) is 30.3 Å². The van der Waals surface area contributed by atoms with Gasteiger partial charge in [0, 0.05) is 18.2 Å². The SMILES string of the molecule is CN(C)C(CNC(=O)c1cc(F)cc(F)c1)c1ccccc1. The van der Waals surface area contributed by atoms with E-state index in [1.807, 2.05) is 49.3 Å². The molecule has 2 rings (SSSR count). The van der Waals surface area contributed by atoms with Gasteiger partial charge in [-0.05, 0) is 31.8 Å². The molecule has 0 aromatic heterocycles. The molecule has 0 bridgehead atoms. The van der Waals surface area contributed by atoms with Gasteiger partial charge in [-0.3, -0.25) is 4.79 Å². The highest BCUT2D eigenvalue weighted by molar-refractivity contribution is 5.94. The molecule has 2 aromatic carbocycles. The van der Waals surface area contributed by atoms with Crippen molar-refractivity contribution in [1.82, 2.24) is 10.2 Å². The van der Waals surface area contributed by atoms with Crippen LogP contribution in [0, 0.1) is 11.6 Å². The van der Waals surface area contributed by atoms with Crippen LogP contribution in [0.3, 0.4) is 0 Å². The molecule has 1 atom stereocenters. The van der Waals surface area contributed by atoms with Crippen LogP contribution in [0.1, 0.15) is 22.0 Å². The van der Waals surface area contributed by atoms with Crippen LogP contribution < -0.4 is 5.32 Å². The minimum absolute atomic E-state index is 0.0245. The second kappa shape index (κ2) is 7.13. The van der Waals surface area contributed by atoms with Crippen molar-refractivity contribution in [3.63, 3.8) is 0 Å². The number of halogens is 2. The third-order valence-electron chi connectivity index (χ3n) is 3.39. The van der Waals surface area contributed by atoms with Crippen LogP contribution in [0.5, 0.6) is 0 Å². The zero-order valence-electron chi connectivity index (χ0n) is 12.5. The fraction of sp³-hybridized carbons (Fsp3) is 0.235. The van der Waals surface area contributed by atoms with Gasteiger partial charge in [0.1, 0.15) is 11.6 Å². The highest BCUT2D eigenvalue weighted by atomic mass is 19.1. The van der Waals surface area contributed by atoms with E-state index in [1.165, 1.54) is 0 Å². The molecular formula is C17H18F2N2O. The van der Waals surface area contributed by atoms with Crippen LogP contribution >= 0.6 is 0 Å². The second-order valence-electron chi connectivity index (χ2n) is 5.26. The second-order valence-corrected chi connectivity index (χ2v) is 5.26. The summed E-state index contributed by atoms with van der Waals surface area (Å²) < 4.78 is 26.3. The van der Waals surface area contributed by atoms with Crippen LogP contribution in [0.4, 0.5) is 8.78 Å². The van der Waals surface area contributed by atoms with E-state index in [2.05, 4.69) is 5.32 Å². The maximum absolute atomic E-state index is 13.2. The lowest BCUT2D eigenvalue weighted by atomic mass is 10.1. The van der Waals surface area contributed by atoms with Crippen molar-refractivity contribution in [2.45, 2.75) is 6.04 Å². The highest BCUT2D eigenvalue weighted by Gasteiger charge is 2.16. The Labute approximate surface area is 128 Å². The Morgan fingerprint density at radius 3 is 2.23 bits per heavy atom. The quantitative estimate of drug-likeness (QED) is 0.921. The lowest BCUT2D eigenvalue weighted by Crippen LogP contribution is -2.34. The Morgan fingerprint density at radius 1 is 1.09 bits per heavy atom. The van der Waals surface area contributed by atoms with E-state index in [4.69, 9.17) is 0 Å². The van der Waals surface area contributed by atoms with E-state index in [0.717, 1.165) is 23.8 Å². The fourth-order valence-electron chi connectivity index (χ4n) is 2.25. The number of nitrogens with one attached hydrogen (secondary N) is 1. The van der Waals surface area contributed by atoms with Crippen LogP contribution in [0.2, 0.25) is 0 Å². The van der Waals surface area contributed by atoms with Gasteiger partial charge in [0.15, 0.2) is 0 Å². The molecule has 0 heterocycles. The Balaban J connectivity index is 2.08. The molecule has 0 aliphatic rings. The molecule has 0 saturated heterocycles. The number of carbonyl (C=O) groups is 1. The number of likely N-dealkylation sites (N-methyl/N-ethyl adjacent to an activating group) is 1. The molecule has 0 saturated carbocycles. The summed E-state index contributed by atoms with van der Waals surface area (Å²) in [7, 11) is 3.82. The number of benzene rings is 2. The van der Waals surface area contributed by atoms with Crippen LogP contribution in [0.25, 0.3) is 0 Å². The van der Waals surface area contributed by atoms with Crippen molar-refractivity contribution in [3.8, 4) is 0 Å². The fourth-order valence-corrected chi connectivity index (χ4v) is 2.25. The Kier molecular flexibility index (Phi) is 5.22. The van der Waals surface area contributed by atoms with Crippen molar-refractivity contribution < 1.29 is 13.6 Å². The predicted molar refractivity (Wildman–Crippen MR) is 81.6 cm³/mol. The maximum Gasteiger partial charge on any atom is 0.251 e. The summed E-state index contributed by atoms with van der Waals surface area (Å²) in [4.78, 5) is 14.0. The summed E-state index contributed by atoms with van der Waals surface area (Å²) in [5.41, 5.74) is 1.03. The van der Waals surface area contributed by atoms with Crippen molar-refractivity contribution >= 4 is 5.91 Å². The molecule has 2 aromatic rings. The zero-order chi connectivity index (χ0) is 16.1. The topological polar surface area (TPSA) is 32.3 Å². The molecule has 1 unspecified atom stereocenters. The number of nitrogens with zero attached hydrogens (tertiary/aromatic N) is 1. The normalized spacial score (nSPS) is 12.2. The molecule has 0 aliphatic carbocycles. The first-order chi connectivity index (χ1) is 10.5. The van der Waals surface area contributed by atoms with Gasteiger partial charge in [0.2, 0.25) is 0 Å². The average Bonchev–Trinajstić information content (AvgIpc) is 2.47. The third kappa shape index (κ3) is 4.11. The third-order valence-corrected chi connectivity index (χ3v) is 3.39. The first-order valence-corrected chi connectivity index (χ1v) is 6.93. The molecule has 0 radical (unpaired) electrons. The first kappa shape index (κ1) is 16.1. The molecule has 1 amide bonds. The molecule has 116 valence electrons. The van der Waals surface area contributed by atoms with E-state index in [1.54, 1.807) is 0 Å². The highest BCUT2D eigenvalue weighted by Crippen LogP contribution is 2.17. The monoisotopic (exact) mass is 304 g/mol. The molecule has 0 fully saturated rings. The zero-order valence-corrected chi connectivity index (χ0v) is 12.5. The van der Waals surface area contributed by atoms with Gasteiger partial charge in [-0.25, -0.2) is 8.78 Å². The van der Waals surface area contributed by atoms with Crippen molar-refractivity contribution in [1.29, 1.82) is 0 Å². The van der Waals surface area contributed by atoms with E-state index in [-0.39, 0.29) is 11.6 Å². The van der Waals surface area contributed by atoms with Crippen molar-refractivity contribution in [2.24, 2.45) is 0 Å². The Morgan fingerprint density at radius 2 is 1.68 bits per heavy atom. The van der Waals surface area contributed by atoms with Gasteiger partial charge >= 0.3 is 0 Å². The maximum atomic E-state index is 13.2. The molecule has 5 heteroatoms. The van der Waals surface area contributed by atoms with Crippen molar-refractivity contribution in [3.05, 3.63) is 71.3 Å². The van der Waals surface area contributed by atoms with E-state index in [9.17, 15) is 13.6 Å². The minimum atomic E-state index is -0.766. The summed E-state index contributed by atoms with van der Waals surface area (Å²) in [6, 6.07) is 12.5. The largest absolute Gasteiger partial charge is 0.350 e. The van der Waals surface area contributed by atoms with Gasteiger partial charge in [-0.15, -0.1) is 0 Å². The summed E-state index contributed by atoms with van der Waals surface area (Å²) >= 11 is 0. The average molecular weight is 304 g/mol. The van der Waals surface area contributed by atoms with E-state index < -0.39 is 17.5 Å². The lowest BCUT2D eigenvalue weighted by molar-refractivity contribution is 0.0941. The first-order valence-electron chi connectivity index (χ1n) is 6.93. The van der Waals surface area contributed by atoms with E-state index in [0.29, 0.717) is 6.54 Å². The number of hydrogen-bond donors (Lipinski definition) is 1. The van der Waals surface area contributed by atoms with Gasteiger partial charge in [0.25, 0.3) is 5.91 Å². The molecule has 0 spiro atoms. The van der Waals surface area contributed by atoms with Gasteiger partial charge < -0.3 is 10.2 Å². The lowest BCUT2D eigenvalue weighted by Gasteiger charge is -2.25. The smallest absolute Gasteiger partial charge is 0.251 e. The Bertz CT molecular complexity index is 624. The van der Waals surface area contributed by atoms with Gasteiger partial charge in [-0.2, -0.15) is 0 Å². The van der Waals surface area contributed by atoms with Crippen LogP contribution in [-0.4, -0.2) is 31.4 Å². The van der Waals surface area contributed by atoms with E-state index >= 15 is 0 Å². The molecule has 22 heavy (non-hydrogen) atoms. The molecule has 1 N–H and O–H groups in total. The number of carbonyl (C=O) groups excluding carboxylic acids is 1. The minimum Gasteiger partial charge on any atom is -0.350 e. The molecular weight excluding hydrogens is 286 g/mol. The molecule has 3 nitrogen and oxygen atoms in total. The standard InChI is InChI=1S/C17H18F2N2O/c1-21(2)16(12-6-4-3-5-7-12)11-20-17(22)13-8-14(18)10-15(19)9-13/h3-10,16H,11H2,1-2H3,(H,20,22).